The number of hydrogen-bond acceptors (Lipinski definition) is 6. The summed E-state index contributed by atoms with van der Waals surface area (Å²) in [6.07, 6.45) is 3.52. The zero-order valence-corrected chi connectivity index (χ0v) is 15.5. The molecule has 0 unspecified atom stereocenters. The van der Waals surface area contributed by atoms with Gasteiger partial charge in [0, 0.05) is 13.0 Å². The van der Waals surface area contributed by atoms with E-state index in [-0.39, 0.29) is 28.6 Å². The molecule has 0 aliphatic heterocycles. The minimum absolute atomic E-state index is 0.0751. The molecule has 6 nitrogen and oxygen atoms in total. The topological polar surface area (TPSA) is 93.1 Å². The summed E-state index contributed by atoms with van der Waals surface area (Å²) in [5, 5.41) is 19.3. The van der Waals surface area contributed by atoms with E-state index in [1.54, 1.807) is 54.6 Å². The Morgan fingerprint density at radius 3 is 2.21 bits per heavy atom. The first-order chi connectivity index (χ1) is 13.9. The molecule has 0 radical (unpaired) electrons. The monoisotopic (exact) mass is 390 g/mol. The van der Waals surface area contributed by atoms with Crippen molar-refractivity contribution in [2.24, 2.45) is 0 Å². The van der Waals surface area contributed by atoms with Gasteiger partial charge in [-0.05, 0) is 47.5 Å². The Balaban J connectivity index is 1.81. The van der Waals surface area contributed by atoms with Gasteiger partial charge < -0.3 is 19.7 Å². The molecule has 0 atom stereocenters. The zero-order valence-electron chi connectivity index (χ0n) is 15.5. The summed E-state index contributed by atoms with van der Waals surface area (Å²) in [5.41, 5.74) is 1.54. The number of hydrogen-bond donors (Lipinski definition) is 2. The van der Waals surface area contributed by atoms with Crippen molar-refractivity contribution in [3.05, 3.63) is 83.4 Å². The molecule has 0 aromatic heterocycles. The third kappa shape index (κ3) is 5.46. The number of carbonyl (C=O) groups is 2. The molecule has 0 aliphatic carbocycles. The quantitative estimate of drug-likeness (QED) is 0.381. The van der Waals surface area contributed by atoms with E-state index >= 15 is 0 Å². The molecule has 3 aromatic rings. The van der Waals surface area contributed by atoms with Crippen molar-refractivity contribution in [1.29, 1.82) is 0 Å². The van der Waals surface area contributed by atoms with Gasteiger partial charge in [0.15, 0.2) is 0 Å². The van der Waals surface area contributed by atoms with Gasteiger partial charge in [0.2, 0.25) is 0 Å². The van der Waals surface area contributed by atoms with Gasteiger partial charge in [0.25, 0.3) is 0 Å². The highest BCUT2D eigenvalue weighted by Crippen LogP contribution is 2.26. The molecule has 3 aromatic carbocycles. The molecule has 2 N–H and O–H groups in total. The van der Waals surface area contributed by atoms with Crippen LogP contribution in [0.15, 0.2) is 66.7 Å². The number of rotatable bonds is 5. The van der Waals surface area contributed by atoms with Crippen LogP contribution in [0.1, 0.15) is 28.4 Å². The van der Waals surface area contributed by atoms with Crippen molar-refractivity contribution in [2.45, 2.75) is 6.92 Å². The summed E-state index contributed by atoms with van der Waals surface area (Å²) in [4.78, 5) is 23.7. The first-order valence-electron chi connectivity index (χ1n) is 8.71. The van der Waals surface area contributed by atoms with Crippen LogP contribution in [0, 0.1) is 0 Å². The zero-order chi connectivity index (χ0) is 20.8. The van der Waals surface area contributed by atoms with Crippen LogP contribution in [0.3, 0.4) is 0 Å². The van der Waals surface area contributed by atoms with E-state index in [9.17, 15) is 19.8 Å². The lowest BCUT2D eigenvalue weighted by Crippen LogP contribution is -2.12. The van der Waals surface area contributed by atoms with Crippen molar-refractivity contribution in [3.8, 4) is 23.0 Å². The van der Waals surface area contributed by atoms with Crippen molar-refractivity contribution in [1.82, 2.24) is 0 Å². The number of esters is 2. The molecule has 0 bridgehead atoms. The van der Waals surface area contributed by atoms with Crippen LogP contribution in [-0.4, -0.2) is 22.2 Å². The van der Waals surface area contributed by atoms with Crippen molar-refractivity contribution in [3.63, 3.8) is 0 Å². The predicted molar refractivity (Wildman–Crippen MR) is 108 cm³/mol. The Morgan fingerprint density at radius 1 is 0.793 bits per heavy atom. The van der Waals surface area contributed by atoms with Gasteiger partial charge in [-0.25, -0.2) is 4.79 Å². The second-order valence-electron chi connectivity index (χ2n) is 6.16. The van der Waals surface area contributed by atoms with Crippen LogP contribution >= 0.6 is 0 Å². The minimum Gasteiger partial charge on any atom is -0.508 e. The van der Waals surface area contributed by atoms with E-state index in [1.165, 1.54) is 31.2 Å². The van der Waals surface area contributed by atoms with Gasteiger partial charge in [-0.3, -0.25) is 4.79 Å². The Morgan fingerprint density at radius 2 is 1.48 bits per heavy atom. The smallest absolute Gasteiger partial charge is 0.347 e. The fourth-order valence-electron chi connectivity index (χ4n) is 2.58. The molecule has 6 heteroatoms. The van der Waals surface area contributed by atoms with Gasteiger partial charge in [-0.2, -0.15) is 0 Å². The third-order valence-electron chi connectivity index (χ3n) is 3.85. The Bertz CT molecular complexity index is 1070. The summed E-state index contributed by atoms with van der Waals surface area (Å²) in [5.74, 6) is -0.947. The van der Waals surface area contributed by atoms with Gasteiger partial charge in [0.1, 0.15) is 28.6 Å². The summed E-state index contributed by atoms with van der Waals surface area (Å²) < 4.78 is 10.4. The van der Waals surface area contributed by atoms with Crippen LogP contribution in [0.4, 0.5) is 0 Å². The highest BCUT2D eigenvalue weighted by Gasteiger charge is 2.16. The summed E-state index contributed by atoms with van der Waals surface area (Å²) in [6.45, 7) is 1.24. The number of carbonyl (C=O) groups excluding carboxylic acids is 2. The summed E-state index contributed by atoms with van der Waals surface area (Å²) in [6, 6.07) is 17.2. The fourth-order valence-corrected chi connectivity index (χ4v) is 2.58. The lowest BCUT2D eigenvalue weighted by molar-refractivity contribution is -0.131. The highest BCUT2D eigenvalue weighted by atomic mass is 16.5. The number of phenolic OH excluding ortho intramolecular Hbond substituents is 2. The van der Waals surface area contributed by atoms with Crippen LogP contribution in [0.2, 0.25) is 0 Å². The lowest BCUT2D eigenvalue weighted by atomic mass is 10.1. The molecule has 0 spiro atoms. The first kappa shape index (κ1) is 19.7. The maximum absolute atomic E-state index is 12.5. The molecule has 3 rings (SSSR count). The number of para-hydroxylation sites is 1. The summed E-state index contributed by atoms with van der Waals surface area (Å²) >= 11 is 0. The van der Waals surface area contributed by atoms with Crippen molar-refractivity contribution >= 4 is 24.1 Å². The molecule has 0 aliphatic rings. The van der Waals surface area contributed by atoms with Crippen LogP contribution < -0.4 is 9.47 Å². The second kappa shape index (κ2) is 8.75. The van der Waals surface area contributed by atoms with Crippen LogP contribution in [-0.2, 0) is 4.79 Å². The van der Waals surface area contributed by atoms with E-state index in [2.05, 4.69) is 0 Å². The lowest BCUT2D eigenvalue weighted by Gasteiger charge is -2.09. The number of aromatic hydroxyl groups is 2. The van der Waals surface area contributed by atoms with Crippen molar-refractivity contribution < 1.29 is 29.3 Å². The van der Waals surface area contributed by atoms with Crippen LogP contribution in [0.25, 0.3) is 12.2 Å². The minimum atomic E-state index is -0.721. The maximum atomic E-state index is 12.5. The van der Waals surface area contributed by atoms with E-state index in [1.807, 2.05) is 0 Å². The standard InChI is InChI=1S/C23H18O6/c1-15(24)28-22-5-3-2-4-21(22)23(27)29-20-13-17(12-19(26)14-20)7-6-16-8-10-18(25)11-9-16/h2-14,25-26H,1H3. The highest BCUT2D eigenvalue weighted by molar-refractivity contribution is 5.95. The average molecular weight is 390 g/mol. The van der Waals surface area contributed by atoms with Gasteiger partial charge >= 0.3 is 11.9 Å². The van der Waals surface area contributed by atoms with Crippen LogP contribution in [0.5, 0.6) is 23.0 Å². The number of ether oxygens (including phenoxy) is 2. The van der Waals surface area contributed by atoms with E-state index in [0.717, 1.165) is 5.56 Å². The van der Waals surface area contributed by atoms with Crippen molar-refractivity contribution in [2.75, 3.05) is 0 Å². The normalized spacial score (nSPS) is 10.7. The molecule has 0 saturated carbocycles. The maximum Gasteiger partial charge on any atom is 0.347 e. The molecule has 0 amide bonds. The second-order valence-corrected chi connectivity index (χ2v) is 6.16. The SMILES string of the molecule is CC(=O)Oc1ccccc1C(=O)Oc1cc(O)cc(C=Cc2ccc(O)cc2)c1. The summed E-state index contributed by atoms with van der Waals surface area (Å²) in [7, 11) is 0. The third-order valence-corrected chi connectivity index (χ3v) is 3.85. The van der Waals surface area contributed by atoms with E-state index in [0.29, 0.717) is 5.56 Å². The van der Waals surface area contributed by atoms with E-state index < -0.39 is 11.9 Å². The van der Waals surface area contributed by atoms with Gasteiger partial charge in [-0.15, -0.1) is 0 Å². The van der Waals surface area contributed by atoms with E-state index in [4.69, 9.17) is 9.47 Å². The first-order valence-corrected chi connectivity index (χ1v) is 8.71. The van der Waals surface area contributed by atoms with Gasteiger partial charge in [-0.1, -0.05) is 36.4 Å². The number of benzene rings is 3. The number of phenols is 2. The average Bonchev–Trinajstić information content (AvgIpc) is 2.67. The van der Waals surface area contributed by atoms with Gasteiger partial charge in [0.05, 0.1) is 0 Å². The molecule has 146 valence electrons. The largest absolute Gasteiger partial charge is 0.508 e. The molecular formula is C23H18O6. The molecule has 29 heavy (non-hydrogen) atoms. The molecular weight excluding hydrogens is 372 g/mol. The molecule has 0 fully saturated rings. The fraction of sp³-hybridized carbons (Fsp3) is 0.0435. The molecule has 0 heterocycles. The molecule has 0 saturated heterocycles. The Labute approximate surface area is 167 Å². The predicted octanol–water partition coefficient (Wildman–Crippen LogP) is 4.41. The Hall–Kier alpha value is -4.06. The Kier molecular flexibility index (Phi) is 5.94.